The quantitative estimate of drug-likeness (QED) is 0.687. The smallest absolute Gasteiger partial charge is 0.329 e. The van der Waals surface area contributed by atoms with Crippen LogP contribution >= 0.6 is 0 Å². The lowest BCUT2D eigenvalue weighted by atomic mass is 10.1. The minimum Gasteiger partial charge on any atom is -0.329 e. The summed E-state index contributed by atoms with van der Waals surface area (Å²) in [6, 6.07) is 8.23. The molecule has 1 aromatic rings. The Morgan fingerprint density at radius 3 is 2.30 bits per heavy atom. The lowest BCUT2D eigenvalue weighted by Gasteiger charge is -2.18. The first-order valence-electron chi connectivity index (χ1n) is 5.79. The van der Waals surface area contributed by atoms with Crippen LogP contribution in [0.2, 0.25) is 0 Å². The van der Waals surface area contributed by atoms with Crippen LogP contribution < -0.4 is 15.2 Å². The molecule has 1 rings (SSSR count). The molecule has 114 valence electrons. The minimum absolute atomic E-state index is 0.0260. The molecule has 20 heavy (non-hydrogen) atoms. The second kappa shape index (κ2) is 7.02. The fraction of sp³-hybridized carbons (Fsp3) is 0.455. The molecule has 0 aliphatic heterocycles. The van der Waals surface area contributed by atoms with Crippen molar-refractivity contribution in [1.29, 1.82) is 0 Å². The van der Waals surface area contributed by atoms with Crippen molar-refractivity contribution in [3.05, 3.63) is 35.9 Å². The summed E-state index contributed by atoms with van der Waals surface area (Å²) in [4.78, 5) is 0. The molecule has 0 spiro atoms. The van der Waals surface area contributed by atoms with Crippen molar-refractivity contribution >= 4 is 10.2 Å². The summed E-state index contributed by atoms with van der Waals surface area (Å²) >= 11 is 0. The Balaban J connectivity index is 2.59. The second-order valence-electron chi connectivity index (χ2n) is 4.18. The van der Waals surface area contributed by atoms with Crippen molar-refractivity contribution in [2.75, 3.05) is 13.1 Å². The van der Waals surface area contributed by atoms with Gasteiger partial charge in [0.1, 0.15) is 6.54 Å². The van der Waals surface area contributed by atoms with Crippen molar-refractivity contribution in [3.63, 3.8) is 0 Å². The largest absolute Gasteiger partial charge is 0.402 e. The van der Waals surface area contributed by atoms with Crippen molar-refractivity contribution in [2.45, 2.75) is 18.6 Å². The topological polar surface area (TPSA) is 84.2 Å². The number of halogens is 3. The molecule has 0 saturated heterocycles. The molecule has 0 fully saturated rings. The Kier molecular flexibility index (Phi) is 5.93. The van der Waals surface area contributed by atoms with Gasteiger partial charge in [0.2, 0.25) is 0 Å². The van der Waals surface area contributed by atoms with E-state index in [2.05, 4.69) is 4.72 Å². The highest BCUT2D eigenvalue weighted by Gasteiger charge is 2.30. The summed E-state index contributed by atoms with van der Waals surface area (Å²) < 4.78 is 62.4. The lowest BCUT2D eigenvalue weighted by molar-refractivity contribution is -0.121. The van der Waals surface area contributed by atoms with Gasteiger partial charge in [0.15, 0.2) is 0 Å². The van der Waals surface area contributed by atoms with Crippen LogP contribution in [0.15, 0.2) is 30.3 Å². The van der Waals surface area contributed by atoms with E-state index in [1.165, 1.54) is 4.72 Å². The van der Waals surface area contributed by atoms with Crippen LogP contribution in [0.5, 0.6) is 0 Å². The summed E-state index contributed by atoms with van der Waals surface area (Å²) in [5, 5.41) is 0. The van der Waals surface area contributed by atoms with E-state index in [4.69, 9.17) is 5.73 Å². The van der Waals surface area contributed by atoms with Gasteiger partial charge in [-0.1, -0.05) is 30.3 Å². The molecule has 1 unspecified atom stereocenters. The molecule has 0 saturated carbocycles. The average molecular weight is 311 g/mol. The van der Waals surface area contributed by atoms with E-state index in [0.717, 1.165) is 5.56 Å². The molecule has 1 atom stereocenters. The first kappa shape index (κ1) is 16.9. The molecular weight excluding hydrogens is 295 g/mol. The van der Waals surface area contributed by atoms with Crippen LogP contribution in [0.3, 0.4) is 0 Å². The summed E-state index contributed by atoms with van der Waals surface area (Å²) in [7, 11) is -4.25. The number of hydrogen-bond donors (Lipinski definition) is 3. The molecule has 0 aliphatic rings. The Labute approximate surface area is 115 Å². The summed E-state index contributed by atoms with van der Waals surface area (Å²) in [6.07, 6.45) is -4.31. The van der Waals surface area contributed by atoms with E-state index >= 15 is 0 Å². The molecule has 5 nitrogen and oxygen atoms in total. The molecule has 0 radical (unpaired) electrons. The van der Waals surface area contributed by atoms with Crippen LogP contribution in [-0.2, 0) is 16.6 Å². The Bertz CT molecular complexity index is 505. The monoisotopic (exact) mass is 311 g/mol. The summed E-state index contributed by atoms with van der Waals surface area (Å²) in [5.41, 5.74) is 6.27. The van der Waals surface area contributed by atoms with Crippen molar-refractivity contribution in [2.24, 2.45) is 5.73 Å². The maximum Gasteiger partial charge on any atom is 0.402 e. The maximum absolute atomic E-state index is 12.0. The fourth-order valence-corrected chi connectivity index (χ4v) is 2.57. The van der Waals surface area contributed by atoms with Crippen LogP contribution in [0, 0.1) is 0 Å². The third kappa shape index (κ3) is 6.85. The molecule has 0 bridgehead atoms. The van der Waals surface area contributed by atoms with E-state index in [1.807, 2.05) is 0 Å². The van der Waals surface area contributed by atoms with Crippen LogP contribution in [0.25, 0.3) is 0 Å². The number of alkyl halides is 3. The number of nitrogens with one attached hydrogen (secondary N) is 2. The zero-order chi connectivity index (χ0) is 15.2. The van der Waals surface area contributed by atoms with Gasteiger partial charge in [-0.15, -0.1) is 0 Å². The molecule has 1 aromatic carbocycles. The van der Waals surface area contributed by atoms with Crippen molar-refractivity contribution in [1.82, 2.24) is 9.44 Å². The highest BCUT2D eigenvalue weighted by Crippen LogP contribution is 2.12. The van der Waals surface area contributed by atoms with Gasteiger partial charge < -0.3 is 5.73 Å². The highest BCUT2D eigenvalue weighted by molar-refractivity contribution is 7.87. The van der Waals surface area contributed by atoms with Gasteiger partial charge in [0.05, 0.1) is 0 Å². The number of rotatable bonds is 7. The molecule has 9 heteroatoms. The third-order valence-electron chi connectivity index (χ3n) is 2.39. The summed E-state index contributed by atoms with van der Waals surface area (Å²) in [5.74, 6) is 0. The fourth-order valence-electron chi connectivity index (χ4n) is 1.51. The zero-order valence-corrected chi connectivity index (χ0v) is 11.3. The first-order valence-corrected chi connectivity index (χ1v) is 7.28. The molecule has 0 amide bonds. The zero-order valence-electron chi connectivity index (χ0n) is 10.5. The van der Waals surface area contributed by atoms with Gasteiger partial charge in [-0.05, 0) is 12.0 Å². The van der Waals surface area contributed by atoms with Gasteiger partial charge in [0, 0.05) is 12.6 Å². The Morgan fingerprint density at radius 1 is 1.20 bits per heavy atom. The number of benzene rings is 1. The number of nitrogens with two attached hydrogens (primary N) is 1. The lowest BCUT2D eigenvalue weighted by Crippen LogP contribution is -2.48. The van der Waals surface area contributed by atoms with Gasteiger partial charge in [0.25, 0.3) is 10.2 Å². The molecule has 4 N–H and O–H groups in total. The average Bonchev–Trinajstić information content (AvgIpc) is 2.36. The van der Waals surface area contributed by atoms with E-state index in [1.54, 1.807) is 30.3 Å². The van der Waals surface area contributed by atoms with Gasteiger partial charge in [-0.3, -0.25) is 0 Å². The standard InChI is InChI=1S/C11H16F3N3O2S/c12-11(13,14)8-16-20(18,19)17-10(7-15)6-9-4-2-1-3-5-9/h1-5,10,16-17H,6-8,15H2. The van der Waals surface area contributed by atoms with E-state index in [0.29, 0.717) is 6.42 Å². The SMILES string of the molecule is NCC(Cc1ccccc1)NS(=O)(=O)NCC(F)(F)F. The van der Waals surface area contributed by atoms with E-state index in [-0.39, 0.29) is 6.54 Å². The molecule has 0 aliphatic carbocycles. The van der Waals surface area contributed by atoms with Crippen LogP contribution in [0.4, 0.5) is 13.2 Å². The molecular formula is C11H16F3N3O2S. The van der Waals surface area contributed by atoms with Crippen LogP contribution in [-0.4, -0.2) is 33.7 Å². The van der Waals surface area contributed by atoms with Gasteiger partial charge in [-0.2, -0.15) is 31.0 Å². The van der Waals surface area contributed by atoms with E-state index in [9.17, 15) is 21.6 Å². The van der Waals surface area contributed by atoms with E-state index < -0.39 is 29.0 Å². The first-order chi connectivity index (χ1) is 9.22. The second-order valence-corrected chi connectivity index (χ2v) is 5.71. The predicted octanol–water partition coefficient (Wildman–Crippen LogP) is 0.543. The van der Waals surface area contributed by atoms with Gasteiger partial charge in [-0.25, -0.2) is 0 Å². The highest BCUT2D eigenvalue weighted by atomic mass is 32.2. The summed E-state index contributed by atoms with van der Waals surface area (Å²) in [6.45, 7) is -1.65. The Morgan fingerprint density at radius 2 is 1.80 bits per heavy atom. The molecule has 0 aromatic heterocycles. The maximum atomic E-state index is 12.0. The normalized spacial score (nSPS) is 14.2. The van der Waals surface area contributed by atoms with Gasteiger partial charge >= 0.3 is 6.18 Å². The predicted molar refractivity (Wildman–Crippen MR) is 69.1 cm³/mol. The number of hydrogen-bond acceptors (Lipinski definition) is 3. The van der Waals surface area contributed by atoms with Crippen molar-refractivity contribution in [3.8, 4) is 0 Å². The van der Waals surface area contributed by atoms with Crippen LogP contribution in [0.1, 0.15) is 5.56 Å². The molecule has 0 heterocycles. The third-order valence-corrected chi connectivity index (χ3v) is 3.56. The minimum atomic E-state index is -4.60. The Hall–Kier alpha value is -1.16. The van der Waals surface area contributed by atoms with Crippen molar-refractivity contribution < 1.29 is 21.6 Å².